The molecule has 1 aromatic carbocycles. The molecule has 2 unspecified atom stereocenters. The number of nitrogens with zero attached hydrogens (tertiary/aromatic N) is 1. The van der Waals surface area contributed by atoms with Gasteiger partial charge in [0.25, 0.3) is 11.8 Å². The highest BCUT2D eigenvalue weighted by molar-refractivity contribution is 8.05. The van der Waals surface area contributed by atoms with E-state index in [9.17, 15) is 18.0 Å². The normalized spacial score (nSPS) is 20.4. The van der Waals surface area contributed by atoms with E-state index in [1.165, 1.54) is 11.5 Å². The Morgan fingerprint density at radius 3 is 2.44 bits per heavy atom. The van der Waals surface area contributed by atoms with Crippen LogP contribution in [0.1, 0.15) is 38.3 Å². The molecule has 2 amide bonds. The second-order valence-corrected chi connectivity index (χ2v) is 10.7. The maximum Gasteiger partial charge on any atom is 0.265 e. The number of nitrogen functional groups attached to an aromatic ring is 1. The van der Waals surface area contributed by atoms with Gasteiger partial charge in [-0.2, -0.15) is 0 Å². The number of nitrogens with one attached hydrogen (secondary N) is 2. The smallest absolute Gasteiger partial charge is 0.265 e. The van der Waals surface area contributed by atoms with E-state index in [2.05, 4.69) is 15.3 Å². The fourth-order valence-electron chi connectivity index (χ4n) is 4.10. The highest BCUT2D eigenvalue weighted by Crippen LogP contribution is 2.50. The second-order valence-electron chi connectivity index (χ2n) is 7.39. The van der Waals surface area contributed by atoms with Gasteiger partial charge in [-0.15, -0.1) is 11.8 Å². The molecule has 1 aliphatic rings. The average molecular weight is 500 g/mol. The van der Waals surface area contributed by atoms with Crippen molar-refractivity contribution in [3.8, 4) is 0 Å². The second kappa shape index (κ2) is 8.43. The standard InChI is InChI=1S/C19H22ClN5O5S2/c1-8-7-9(2)13(10(3)12(8)17(27)23-22)19(5-6-31-15(19)16(21)26)32(28,29)25-18-14(20)11(4)24-30-18/h5-7,15,25H,22H2,1-4H3,(H2,21,26)(H,23,27). The summed E-state index contributed by atoms with van der Waals surface area (Å²) in [5.74, 6) is 3.60. The number of nitrogens with two attached hydrogens (primary N) is 2. The first-order chi connectivity index (χ1) is 14.9. The summed E-state index contributed by atoms with van der Waals surface area (Å²) >= 11 is 7.08. The number of sulfonamides is 1. The van der Waals surface area contributed by atoms with Gasteiger partial charge in [-0.1, -0.05) is 22.8 Å². The predicted octanol–water partition coefficient (Wildman–Crippen LogP) is 1.92. The number of carbonyl (C=O) groups excluding carboxylic acids is 2. The number of benzene rings is 1. The van der Waals surface area contributed by atoms with E-state index >= 15 is 0 Å². The van der Waals surface area contributed by atoms with Crippen molar-refractivity contribution in [1.82, 2.24) is 10.6 Å². The Balaban J connectivity index is 2.37. The van der Waals surface area contributed by atoms with Crippen LogP contribution in [0.25, 0.3) is 0 Å². The van der Waals surface area contributed by atoms with Gasteiger partial charge < -0.3 is 10.3 Å². The number of hydrogen-bond acceptors (Lipinski definition) is 8. The van der Waals surface area contributed by atoms with Crippen LogP contribution in [0.4, 0.5) is 5.88 Å². The van der Waals surface area contributed by atoms with E-state index in [1.54, 1.807) is 33.8 Å². The highest BCUT2D eigenvalue weighted by atomic mass is 35.5. The Morgan fingerprint density at radius 2 is 1.91 bits per heavy atom. The van der Waals surface area contributed by atoms with Crippen molar-refractivity contribution in [2.24, 2.45) is 11.6 Å². The third-order valence-corrected chi connectivity index (χ3v) is 9.04. The summed E-state index contributed by atoms with van der Waals surface area (Å²) in [7, 11) is -4.48. The van der Waals surface area contributed by atoms with Crippen molar-refractivity contribution in [3.63, 3.8) is 0 Å². The molecule has 172 valence electrons. The summed E-state index contributed by atoms with van der Waals surface area (Å²) in [5, 5.41) is 3.89. The van der Waals surface area contributed by atoms with E-state index in [0.717, 1.165) is 11.8 Å². The minimum absolute atomic E-state index is 0.0190. The minimum Gasteiger partial charge on any atom is -0.369 e. The summed E-state index contributed by atoms with van der Waals surface area (Å²) in [6.45, 7) is 6.54. The molecule has 3 rings (SSSR count). The van der Waals surface area contributed by atoms with Gasteiger partial charge in [0.15, 0.2) is 4.75 Å². The third-order valence-electron chi connectivity index (χ3n) is 5.36. The van der Waals surface area contributed by atoms with Crippen LogP contribution in [-0.2, 0) is 19.6 Å². The predicted molar refractivity (Wildman–Crippen MR) is 122 cm³/mol. The number of amides is 2. The van der Waals surface area contributed by atoms with Crippen LogP contribution in [-0.4, -0.2) is 30.6 Å². The molecular weight excluding hydrogens is 478 g/mol. The van der Waals surface area contributed by atoms with Gasteiger partial charge in [0.05, 0.1) is 0 Å². The molecule has 6 N–H and O–H groups in total. The number of aromatic nitrogens is 1. The molecule has 2 heterocycles. The molecule has 0 saturated carbocycles. The Kier molecular flexibility index (Phi) is 6.35. The van der Waals surface area contributed by atoms with E-state index < -0.39 is 31.8 Å². The van der Waals surface area contributed by atoms with Gasteiger partial charge in [0.1, 0.15) is 16.0 Å². The Morgan fingerprint density at radius 1 is 1.25 bits per heavy atom. The van der Waals surface area contributed by atoms with Gasteiger partial charge in [-0.05, 0) is 61.4 Å². The van der Waals surface area contributed by atoms with Crippen molar-refractivity contribution in [3.05, 3.63) is 56.1 Å². The molecule has 0 radical (unpaired) electrons. The monoisotopic (exact) mass is 499 g/mol. The third kappa shape index (κ3) is 3.56. The van der Waals surface area contributed by atoms with Gasteiger partial charge in [0.2, 0.25) is 15.9 Å². The minimum atomic E-state index is -4.48. The SMILES string of the molecule is Cc1cc(C)c(C2(S(=O)(=O)Nc3onc(C)c3Cl)C=CSC2C(N)=O)c(C)c1C(=O)NN. The molecule has 0 aliphatic carbocycles. The van der Waals surface area contributed by atoms with E-state index in [1.807, 2.05) is 0 Å². The van der Waals surface area contributed by atoms with Crippen molar-refractivity contribution < 1.29 is 22.5 Å². The molecule has 0 saturated heterocycles. The summed E-state index contributed by atoms with van der Waals surface area (Å²) in [5.41, 5.74) is 9.89. The largest absolute Gasteiger partial charge is 0.369 e. The van der Waals surface area contributed by atoms with Crippen LogP contribution in [0.3, 0.4) is 0 Å². The van der Waals surface area contributed by atoms with Crippen molar-refractivity contribution in [1.29, 1.82) is 0 Å². The number of thioether (sulfide) groups is 1. The number of aryl methyl sites for hydroxylation is 3. The number of carbonyl (C=O) groups is 2. The summed E-state index contributed by atoms with van der Waals surface area (Å²) in [6, 6.07) is 1.66. The lowest BCUT2D eigenvalue weighted by atomic mass is 9.83. The van der Waals surface area contributed by atoms with Gasteiger partial charge >= 0.3 is 0 Å². The molecule has 13 heteroatoms. The number of halogens is 1. The van der Waals surface area contributed by atoms with Gasteiger partial charge in [0, 0.05) is 5.56 Å². The van der Waals surface area contributed by atoms with Crippen LogP contribution in [0.15, 0.2) is 22.1 Å². The number of rotatable bonds is 6. The van der Waals surface area contributed by atoms with E-state index in [-0.39, 0.29) is 27.7 Å². The summed E-state index contributed by atoms with van der Waals surface area (Å²) < 4.78 is 33.1. The molecule has 1 aliphatic heterocycles. The molecule has 0 fully saturated rings. The van der Waals surface area contributed by atoms with E-state index in [4.69, 9.17) is 27.7 Å². The summed E-state index contributed by atoms with van der Waals surface area (Å²) in [6.07, 6.45) is 1.38. The lowest BCUT2D eigenvalue weighted by Gasteiger charge is -2.35. The van der Waals surface area contributed by atoms with Crippen molar-refractivity contribution in [2.75, 3.05) is 4.72 Å². The Labute approximate surface area is 194 Å². The van der Waals surface area contributed by atoms with Crippen LogP contribution in [0.2, 0.25) is 5.02 Å². The van der Waals surface area contributed by atoms with Crippen LogP contribution < -0.4 is 21.7 Å². The Bertz CT molecular complexity index is 1260. The molecule has 32 heavy (non-hydrogen) atoms. The first-order valence-electron chi connectivity index (χ1n) is 9.27. The highest BCUT2D eigenvalue weighted by Gasteiger charge is 2.57. The maximum atomic E-state index is 13.9. The molecule has 2 atom stereocenters. The number of anilines is 1. The van der Waals surface area contributed by atoms with Gasteiger partial charge in [-0.25, -0.2) is 19.0 Å². The number of hydrazine groups is 1. The Hall–Kier alpha value is -2.54. The van der Waals surface area contributed by atoms with Crippen LogP contribution >= 0.6 is 23.4 Å². The summed E-state index contributed by atoms with van der Waals surface area (Å²) in [4.78, 5) is 24.9. The average Bonchev–Trinajstić information content (AvgIpc) is 3.28. The first-order valence-corrected chi connectivity index (χ1v) is 12.1. The first kappa shape index (κ1) is 24.1. The molecule has 1 aromatic heterocycles. The quantitative estimate of drug-likeness (QED) is 0.265. The maximum absolute atomic E-state index is 13.9. The molecular formula is C19H22ClN5O5S2. The zero-order chi connectivity index (χ0) is 24.0. The zero-order valence-corrected chi connectivity index (χ0v) is 20.0. The zero-order valence-electron chi connectivity index (χ0n) is 17.6. The van der Waals surface area contributed by atoms with Crippen LogP contribution in [0, 0.1) is 27.7 Å². The van der Waals surface area contributed by atoms with Crippen LogP contribution in [0.5, 0.6) is 0 Å². The fraction of sp³-hybridized carbons (Fsp3) is 0.316. The lowest BCUT2D eigenvalue weighted by molar-refractivity contribution is -0.117. The fourth-order valence-corrected chi connectivity index (χ4v) is 7.67. The number of hydrogen-bond donors (Lipinski definition) is 4. The molecule has 0 spiro atoms. The number of primary amides is 1. The molecule has 2 aromatic rings. The molecule has 0 bridgehead atoms. The van der Waals surface area contributed by atoms with E-state index in [0.29, 0.717) is 16.7 Å². The molecule has 10 nitrogen and oxygen atoms in total. The van der Waals surface area contributed by atoms with Gasteiger partial charge in [-0.3, -0.25) is 15.0 Å². The topological polar surface area (TPSA) is 170 Å². The van der Waals surface area contributed by atoms with Crippen molar-refractivity contribution in [2.45, 2.75) is 37.7 Å². The lowest BCUT2D eigenvalue weighted by Crippen LogP contribution is -2.51. The van der Waals surface area contributed by atoms with Crippen molar-refractivity contribution >= 4 is 51.1 Å².